The molecule has 1 saturated heterocycles. The molecule has 1 aliphatic heterocycles. The number of amides is 2. The topological polar surface area (TPSA) is 74.0 Å². The molecule has 2 amide bonds. The van der Waals surface area contributed by atoms with E-state index in [1.54, 1.807) is 6.08 Å². The Bertz CT molecular complexity index is 702. The Labute approximate surface area is 122 Å². The van der Waals surface area contributed by atoms with Crippen LogP contribution in [-0.2, 0) is 9.59 Å². The number of piperidine rings is 1. The first-order valence-corrected chi connectivity index (χ1v) is 7.04. The molecule has 5 nitrogen and oxygen atoms in total. The number of carbonyl (C=O) groups is 2. The maximum Gasteiger partial charge on any atom is 0.244 e. The molecule has 1 aromatic heterocycles. The van der Waals surface area contributed by atoms with Crippen molar-refractivity contribution in [3.63, 3.8) is 0 Å². The molecule has 3 rings (SSSR count). The molecule has 3 N–H and O–H groups in total. The first-order valence-electron chi connectivity index (χ1n) is 7.04. The van der Waals surface area contributed by atoms with Crippen LogP contribution in [0.25, 0.3) is 17.0 Å². The third-order valence-electron chi connectivity index (χ3n) is 3.63. The Morgan fingerprint density at radius 1 is 1.33 bits per heavy atom. The lowest BCUT2D eigenvalue weighted by Crippen LogP contribution is -2.45. The van der Waals surface area contributed by atoms with Gasteiger partial charge < -0.3 is 15.6 Å². The summed E-state index contributed by atoms with van der Waals surface area (Å²) in [5.74, 6) is -0.174. The molecule has 0 bridgehead atoms. The Kier molecular flexibility index (Phi) is 3.73. The SMILES string of the molecule is O=C(C=Cc1c[nH]c2ccccc12)NC1CCNC(=O)C1. The van der Waals surface area contributed by atoms with Crippen LogP contribution in [0.15, 0.2) is 36.5 Å². The summed E-state index contributed by atoms with van der Waals surface area (Å²) in [6.45, 7) is 0.621. The lowest BCUT2D eigenvalue weighted by molar-refractivity contribution is -0.123. The summed E-state index contributed by atoms with van der Waals surface area (Å²) in [5.41, 5.74) is 2.02. The molecule has 0 aliphatic carbocycles. The molecule has 0 spiro atoms. The van der Waals surface area contributed by atoms with Crippen molar-refractivity contribution in [2.24, 2.45) is 0 Å². The van der Waals surface area contributed by atoms with Gasteiger partial charge in [0, 0.05) is 42.2 Å². The van der Waals surface area contributed by atoms with E-state index in [-0.39, 0.29) is 17.9 Å². The zero-order valence-corrected chi connectivity index (χ0v) is 11.6. The Morgan fingerprint density at radius 2 is 2.19 bits per heavy atom. The standard InChI is InChI=1S/C16H17N3O2/c20-15(19-12-7-8-17-16(21)9-12)6-5-11-10-18-14-4-2-1-3-13(11)14/h1-6,10,12,18H,7-9H2,(H,17,21)(H,19,20). The molecule has 5 heteroatoms. The molecule has 0 radical (unpaired) electrons. The van der Waals surface area contributed by atoms with E-state index in [0.29, 0.717) is 13.0 Å². The van der Waals surface area contributed by atoms with Gasteiger partial charge in [-0.3, -0.25) is 9.59 Å². The fourth-order valence-corrected chi connectivity index (χ4v) is 2.55. The number of rotatable bonds is 3. The minimum Gasteiger partial charge on any atom is -0.361 e. The van der Waals surface area contributed by atoms with Crippen molar-refractivity contribution in [3.05, 3.63) is 42.1 Å². The molecule has 2 aromatic rings. The first kappa shape index (κ1) is 13.4. The van der Waals surface area contributed by atoms with E-state index in [1.807, 2.05) is 30.5 Å². The fraction of sp³-hybridized carbons (Fsp3) is 0.250. The van der Waals surface area contributed by atoms with Crippen LogP contribution in [0.5, 0.6) is 0 Å². The second kappa shape index (κ2) is 5.83. The number of carbonyl (C=O) groups excluding carboxylic acids is 2. The minimum absolute atomic E-state index is 0.00726. The lowest BCUT2D eigenvalue weighted by atomic mass is 10.1. The number of aromatic amines is 1. The van der Waals surface area contributed by atoms with Crippen molar-refractivity contribution in [1.29, 1.82) is 0 Å². The van der Waals surface area contributed by atoms with Gasteiger partial charge in [-0.05, 0) is 24.1 Å². The van der Waals surface area contributed by atoms with Crippen LogP contribution in [0.1, 0.15) is 18.4 Å². The Hall–Kier alpha value is -2.56. The molecule has 1 atom stereocenters. The highest BCUT2D eigenvalue weighted by molar-refractivity contribution is 5.96. The van der Waals surface area contributed by atoms with Crippen LogP contribution < -0.4 is 10.6 Å². The van der Waals surface area contributed by atoms with Gasteiger partial charge in [0.2, 0.25) is 11.8 Å². The third kappa shape index (κ3) is 3.13. The van der Waals surface area contributed by atoms with Crippen molar-refractivity contribution in [3.8, 4) is 0 Å². The van der Waals surface area contributed by atoms with Gasteiger partial charge in [0.25, 0.3) is 0 Å². The normalized spacial score (nSPS) is 18.9. The Morgan fingerprint density at radius 3 is 3.05 bits per heavy atom. The second-order valence-electron chi connectivity index (χ2n) is 5.17. The first-order chi connectivity index (χ1) is 10.2. The average molecular weight is 283 g/mol. The maximum atomic E-state index is 11.9. The summed E-state index contributed by atoms with van der Waals surface area (Å²) in [5, 5.41) is 6.69. The molecule has 21 heavy (non-hydrogen) atoms. The zero-order chi connectivity index (χ0) is 14.7. The number of para-hydroxylation sites is 1. The van der Waals surface area contributed by atoms with E-state index in [1.165, 1.54) is 6.08 Å². The average Bonchev–Trinajstić information content (AvgIpc) is 2.88. The highest BCUT2D eigenvalue weighted by Crippen LogP contribution is 2.18. The number of hydrogen-bond acceptors (Lipinski definition) is 2. The van der Waals surface area contributed by atoms with Crippen molar-refractivity contribution in [2.75, 3.05) is 6.54 Å². The van der Waals surface area contributed by atoms with Gasteiger partial charge in [0.15, 0.2) is 0 Å². The summed E-state index contributed by atoms with van der Waals surface area (Å²) in [7, 11) is 0. The summed E-state index contributed by atoms with van der Waals surface area (Å²) in [6.07, 6.45) is 6.31. The second-order valence-corrected chi connectivity index (χ2v) is 5.17. The molecule has 108 valence electrons. The molecule has 1 aliphatic rings. The monoisotopic (exact) mass is 283 g/mol. The predicted molar refractivity (Wildman–Crippen MR) is 81.5 cm³/mol. The van der Waals surface area contributed by atoms with Gasteiger partial charge in [-0.15, -0.1) is 0 Å². The largest absolute Gasteiger partial charge is 0.361 e. The van der Waals surface area contributed by atoms with Crippen LogP contribution in [-0.4, -0.2) is 29.4 Å². The van der Waals surface area contributed by atoms with Gasteiger partial charge in [-0.2, -0.15) is 0 Å². The highest BCUT2D eigenvalue weighted by atomic mass is 16.2. The number of benzene rings is 1. The van der Waals surface area contributed by atoms with Crippen LogP contribution in [0.3, 0.4) is 0 Å². The van der Waals surface area contributed by atoms with Gasteiger partial charge in [0.05, 0.1) is 0 Å². The summed E-state index contributed by atoms with van der Waals surface area (Å²) in [4.78, 5) is 26.3. The number of fused-ring (bicyclic) bond motifs is 1. The highest BCUT2D eigenvalue weighted by Gasteiger charge is 2.19. The molecular formula is C16H17N3O2. The molecule has 1 aromatic carbocycles. The van der Waals surface area contributed by atoms with Gasteiger partial charge in [-0.1, -0.05) is 18.2 Å². The van der Waals surface area contributed by atoms with Crippen LogP contribution in [0.4, 0.5) is 0 Å². The van der Waals surface area contributed by atoms with E-state index in [0.717, 1.165) is 22.9 Å². The number of aromatic nitrogens is 1. The van der Waals surface area contributed by atoms with Crippen LogP contribution in [0, 0.1) is 0 Å². The Balaban J connectivity index is 1.65. The van der Waals surface area contributed by atoms with Crippen molar-refractivity contribution in [1.82, 2.24) is 15.6 Å². The van der Waals surface area contributed by atoms with Crippen molar-refractivity contribution >= 4 is 28.8 Å². The number of nitrogens with one attached hydrogen (secondary N) is 3. The summed E-state index contributed by atoms with van der Waals surface area (Å²) < 4.78 is 0. The van der Waals surface area contributed by atoms with Crippen molar-refractivity contribution in [2.45, 2.75) is 18.9 Å². The predicted octanol–water partition coefficient (Wildman–Crippen LogP) is 1.58. The molecule has 2 heterocycles. The quantitative estimate of drug-likeness (QED) is 0.748. The van der Waals surface area contributed by atoms with E-state index in [2.05, 4.69) is 15.6 Å². The van der Waals surface area contributed by atoms with Crippen LogP contribution in [0.2, 0.25) is 0 Å². The number of H-pyrrole nitrogens is 1. The number of hydrogen-bond donors (Lipinski definition) is 3. The molecule has 0 saturated carbocycles. The summed E-state index contributed by atoms with van der Waals surface area (Å²) in [6, 6.07) is 7.86. The van der Waals surface area contributed by atoms with Gasteiger partial charge in [-0.25, -0.2) is 0 Å². The van der Waals surface area contributed by atoms with Crippen LogP contribution >= 0.6 is 0 Å². The maximum absolute atomic E-state index is 11.9. The van der Waals surface area contributed by atoms with E-state index in [4.69, 9.17) is 0 Å². The molecule has 1 unspecified atom stereocenters. The van der Waals surface area contributed by atoms with E-state index >= 15 is 0 Å². The molecule has 1 fully saturated rings. The third-order valence-corrected chi connectivity index (χ3v) is 3.63. The molecular weight excluding hydrogens is 266 g/mol. The smallest absolute Gasteiger partial charge is 0.244 e. The van der Waals surface area contributed by atoms with Crippen molar-refractivity contribution < 1.29 is 9.59 Å². The minimum atomic E-state index is -0.167. The van der Waals surface area contributed by atoms with E-state index < -0.39 is 0 Å². The fourth-order valence-electron chi connectivity index (χ4n) is 2.55. The van der Waals surface area contributed by atoms with Gasteiger partial charge in [0.1, 0.15) is 0 Å². The summed E-state index contributed by atoms with van der Waals surface area (Å²) >= 11 is 0. The lowest BCUT2D eigenvalue weighted by Gasteiger charge is -2.22. The van der Waals surface area contributed by atoms with Gasteiger partial charge >= 0.3 is 0 Å². The van der Waals surface area contributed by atoms with E-state index in [9.17, 15) is 9.59 Å². The zero-order valence-electron chi connectivity index (χ0n) is 11.6.